The number of hydrogen-bond donors (Lipinski definition) is 1. The molecule has 0 bridgehead atoms. The van der Waals surface area contributed by atoms with Crippen molar-refractivity contribution in [3.8, 4) is 5.75 Å². The van der Waals surface area contributed by atoms with E-state index in [-0.39, 0.29) is 5.56 Å². The molecule has 1 heterocycles. The number of hydrogen-bond acceptors (Lipinski definition) is 2. The molecular formula is C17H23NO2. The van der Waals surface area contributed by atoms with E-state index in [0.29, 0.717) is 5.41 Å². The number of aromatic nitrogens is 1. The van der Waals surface area contributed by atoms with Gasteiger partial charge in [-0.05, 0) is 48.3 Å². The van der Waals surface area contributed by atoms with Crippen LogP contribution in [0.5, 0.6) is 5.75 Å². The number of unbranched alkanes of at least 4 members (excludes halogenated alkanes) is 1. The van der Waals surface area contributed by atoms with Crippen LogP contribution in [0.3, 0.4) is 0 Å². The maximum Gasteiger partial charge on any atom is 0.248 e. The predicted molar refractivity (Wildman–Crippen MR) is 83.4 cm³/mol. The third-order valence-corrected chi connectivity index (χ3v) is 3.29. The van der Waals surface area contributed by atoms with Crippen molar-refractivity contribution in [2.24, 2.45) is 5.41 Å². The zero-order chi connectivity index (χ0) is 14.6. The maximum atomic E-state index is 11.3. The van der Waals surface area contributed by atoms with E-state index in [0.717, 1.165) is 29.7 Å². The van der Waals surface area contributed by atoms with E-state index in [1.54, 1.807) is 0 Å². The lowest BCUT2D eigenvalue weighted by Gasteiger charge is -2.17. The molecule has 0 amide bonds. The minimum absolute atomic E-state index is 0.0835. The van der Waals surface area contributed by atoms with Gasteiger partial charge in [0.05, 0.1) is 12.1 Å². The fraction of sp³-hybridized carbons (Fsp3) is 0.471. The van der Waals surface area contributed by atoms with Gasteiger partial charge in [0.15, 0.2) is 0 Å². The van der Waals surface area contributed by atoms with Crippen molar-refractivity contribution < 1.29 is 4.74 Å². The smallest absolute Gasteiger partial charge is 0.248 e. The molecule has 0 aliphatic carbocycles. The third kappa shape index (κ3) is 4.41. The molecule has 0 fully saturated rings. The molecule has 0 radical (unpaired) electrons. The van der Waals surface area contributed by atoms with Gasteiger partial charge in [-0.15, -0.1) is 0 Å². The molecule has 0 aliphatic heterocycles. The second kappa shape index (κ2) is 6.12. The summed E-state index contributed by atoms with van der Waals surface area (Å²) >= 11 is 0. The normalized spacial score (nSPS) is 11.8. The van der Waals surface area contributed by atoms with Crippen LogP contribution in [0, 0.1) is 5.41 Å². The van der Waals surface area contributed by atoms with Gasteiger partial charge in [0.1, 0.15) is 5.75 Å². The Kier molecular flexibility index (Phi) is 4.48. The Bertz CT molecular complexity index is 623. The molecule has 108 valence electrons. The van der Waals surface area contributed by atoms with Crippen LogP contribution in [0.15, 0.2) is 35.1 Å². The van der Waals surface area contributed by atoms with Crippen LogP contribution in [-0.4, -0.2) is 11.6 Å². The summed E-state index contributed by atoms with van der Waals surface area (Å²) in [4.78, 5) is 14.1. The summed E-state index contributed by atoms with van der Waals surface area (Å²) < 4.78 is 5.75. The molecule has 1 N–H and O–H groups in total. The number of benzene rings is 1. The maximum absolute atomic E-state index is 11.3. The second-order valence-electron chi connectivity index (χ2n) is 6.44. The van der Waals surface area contributed by atoms with E-state index in [2.05, 4.69) is 25.8 Å². The quantitative estimate of drug-likeness (QED) is 0.832. The van der Waals surface area contributed by atoms with Crippen molar-refractivity contribution in [1.82, 2.24) is 4.98 Å². The molecule has 3 nitrogen and oxygen atoms in total. The van der Waals surface area contributed by atoms with Crippen LogP contribution >= 0.6 is 0 Å². The molecule has 2 rings (SSSR count). The molecule has 0 saturated heterocycles. The first-order chi connectivity index (χ1) is 9.44. The molecule has 3 heteroatoms. The SMILES string of the molecule is CC(C)(C)CCCCOc1ccc2ccc(=O)[nH]c2c1. The average molecular weight is 273 g/mol. The fourth-order valence-corrected chi connectivity index (χ4v) is 2.17. The van der Waals surface area contributed by atoms with Gasteiger partial charge in [0.25, 0.3) is 0 Å². The van der Waals surface area contributed by atoms with E-state index in [1.165, 1.54) is 18.9 Å². The van der Waals surface area contributed by atoms with Crippen LogP contribution in [0.4, 0.5) is 0 Å². The zero-order valence-corrected chi connectivity index (χ0v) is 12.5. The van der Waals surface area contributed by atoms with Gasteiger partial charge in [-0.3, -0.25) is 4.79 Å². The minimum atomic E-state index is -0.0835. The molecule has 1 aromatic carbocycles. The Morgan fingerprint density at radius 2 is 1.85 bits per heavy atom. The van der Waals surface area contributed by atoms with Crippen molar-refractivity contribution in [2.75, 3.05) is 6.61 Å². The molecule has 20 heavy (non-hydrogen) atoms. The highest BCUT2D eigenvalue weighted by molar-refractivity contribution is 5.79. The fourth-order valence-electron chi connectivity index (χ4n) is 2.17. The first-order valence-corrected chi connectivity index (χ1v) is 7.20. The Labute approximate surface area is 120 Å². The van der Waals surface area contributed by atoms with Gasteiger partial charge < -0.3 is 9.72 Å². The highest BCUT2D eigenvalue weighted by atomic mass is 16.5. The molecule has 2 aromatic rings. The predicted octanol–water partition coefficient (Wildman–Crippen LogP) is 4.12. The van der Waals surface area contributed by atoms with E-state index in [9.17, 15) is 4.79 Å². The van der Waals surface area contributed by atoms with Gasteiger partial charge in [0.2, 0.25) is 5.56 Å². The molecule has 0 saturated carbocycles. The third-order valence-electron chi connectivity index (χ3n) is 3.29. The zero-order valence-electron chi connectivity index (χ0n) is 12.5. The molecular weight excluding hydrogens is 250 g/mol. The summed E-state index contributed by atoms with van der Waals surface area (Å²) in [7, 11) is 0. The lowest BCUT2D eigenvalue weighted by molar-refractivity contribution is 0.285. The molecule has 0 atom stereocenters. The molecule has 1 aromatic heterocycles. The number of aromatic amines is 1. The van der Waals surface area contributed by atoms with Crippen LogP contribution in [-0.2, 0) is 0 Å². The van der Waals surface area contributed by atoms with Crippen LogP contribution in [0.25, 0.3) is 10.9 Å². The number of ether oxygens (including phenoxy) is 1. The lowest BCUT2D eigenvalue weighted by Crippen LogP contribution is -2.06. The summed E-state index contributed by atoms with van der Waals surface area (Å²) in [5, 5.41) is 1.02. The van der Waals surface area contributed by atoms with Gasteiger partial charge in [-0.2, -0.15) is 0 Å². The van der Waals surface area contributed by atoms with Crippen LogP contribution < -0.4 is 10.3 Å². The monoisotopic (exact) mass is 273 g/mol. The van der Waals surface area contributed by atoms with E-state index in [1.807, 2.05) is 24.3 Å². The summed E-state index contributed by atoms with van der Waals surface area (Å²) in [6.45, 7) is 7.49. The number of H-pyrrole nitrogens is 1. The highest BCUT2D eigenvalue weighted by Gasteiger charge is 2.08. The van der Waals surface area contributed by atoms with Crippen LogP contribution in [0.2, 0.25) is 0 Å². The van der Waals surface area contributed by atoms with E-state index < -0.39 is 0 Å². The molecule has 0 aliphatic rings. The number of pyridine rings is 1. The summed E-state index contributed by atoms with van der Waals surface area (Å²) in [6, 6.07) is 9.16. The van der Waals surface area contributed by atoms with Crippen molar-refractivity contribution in [2.45, 2.75) is 40.0 Å². The Morgan fingerprint density at radius 1 is 1.10 bits per heavy atom. The lowest BCUT2D eigenvalue weighted by atomic mass is 9.90. The highest BCUT2D eigenvalue weighted by Crippen LogP contribution is 2.22. The summed E-state index contributed by atoms with van der Waals surface area (Å²) in [5.41, 5.74) is 1.13. The standard InChI is InChI=1S/C17H23NO2/c1-17(2,3)10-4-5-11-20-14-8-6-13-7-9-16(19)18-15(13)12-14/h6-9,12H,4-5,10-11H2,1-3H3,(H,18,19). The largest absolute Gasteiger partial charge is 0.494 e. The number of nitrogens with one attached hydrogen (secondary N) is 1. The summed E-state index contributed by atoms with van der Waals surface area (Å²) in [6.07, 6.45) is 3.44. The van der Waals surface area contributed by atoms with Crippen molar-refractivity contribution in [3.05, 3.63) is 40.7 Å². The first kappa shape index (κ1) is 14.6. The summed E-state index contributed by atoms with van der Waals surface area (Å²) in [5.74, 6) is 0.815. The number of fused-ring (bicyclic) bond motifs is 1. The van der Waals surface area contributed by atoms with Crippen molar-refractivity contribution in [3.63, 3.8) is 0 Å². The van der Waals surface area contributed by atoms with Gasteiger partial charge in [-0.1, -0.05) is 20.8 Å². The first-order valence-electron chi connectivity index (χ1n) is 7.20. The van der Waals surface area contributed by atoms with E-state index >= 15 is 0 Å². The Hall–Kier alpha value is -1.77. The Balaban J connectivity index is 1.89. The van der Waals surface area contributed by atoms with Gasteiger partial charge in [-0.25, -0.2) is 0 Å². The Morgan fingerprint density at radius 3 is 2.60 bits per heavy atom. The minimum Gasteiger partial charge on any atom is -0.494 e. The average Bonchev–Trinajstić information content (AvgIpc) is 2.36. The topological polar surface area (TPSA) is 42.1 Å². The van der Waals surface area contributed by atoms with Crippen molar-refractivity contribution >= 4 is 10.9 Å². The van der Waals surface area contributed by atoms with Crippen molar-refractivity contribution in [1.29, 1.82) is 0 Å². The van der Waals surface area contributed by atoms with E-state index in [4.69, 9.17) is 4.74 Å². The second-order valence-corrected chi connectivity index (χ2v) is 6.44. The molecule has 0 unspecified atom stereocenters. The van der Waals surface area contributed by atoms with Gasteiger partial charge >= 0.3 is 0 Å². The molecule has 0 spiro atoms. The number of rotatable bonds is 5. The van der Waals surface area contributed by atoms with Gasteiger partial charge in [0, 0.05) is 12.1 Å². The van der Waals surface area contributed by atoms with Crippen LogP contribution in [0.1, 0.15) is 40.0 Å².